The monoisotopic (exact) mass is 204 g/mol. The van der Waals surface area contributed by atoms with E-state index in [1.54, 1.807) is 12.1 Å². The van der Waals surface area contributed by atoms with Crippen molar-refractivity contribution in [1.82, 2.24) is 4.98 Å². The number of azo groups is 1. The molecule has 1 aromatic heterocycles. The van der Waals surface area contributed by atoms with Gasteiger partial charge in [0, 0.05) is 0 Å². The summed E-state index contributed by atoms with van der Waals surface area (Å²) < 4.78 is 0. The Morgan fingerprint density at radius 3 is 2.73 bits per heavy atom. The lowest BCUT2D eigenvalue weighted by atomic mass is 10.2. The number of amidine groups is 1. The first kappa shape index (κ1) is 9.57. The van der Waals surface area contributed by atoms with Crippen LogP contribution in [-0.2, 0) is 0 Å². The lowest BCUT2D eigenvalue weighted by molar-refractivity contribution is 0.683. The Kier molecular flexibility index (Phi) is 2.32. The SMILES string of the molecule is CCC1N=NC(c2ccc(N)nc2N)=N1. The average molecular weight is 204 g/mol. The van der Waals surface area contributed by atoms with Crippen molar-refractivity contribution in [3.05, 3.63) is 17.7 Å². The highest BCUT2D eigenvalue weighted by Crippen LogP contribution is 2.18. The van der Waals surface area contributed by atoms with Gasteiger partial charge in [-0.25, -0.2) is 9.98 Å². The number of pyridine rings is 1. The van der Waals surface area contributed by atoms with E-state index in [-0.39, 0.29) is 6.17 Å². The summed E-state index contributed by atoms with van der Waals surface area (Å²) >= 11 is 0. The summed E-state index contributed by atoms with van der Waals surface area (Å²) in [6.45, 7) is 2.00. The molecule has 6 heteroatoms. The second kappa shape index (κ2) is 3.64. The smallest absolute Gasteiger partial charge is 0.182 e. The lowest BCUT2D eigenvalue weighted by Crippen LogP contribution is -2.05. The Labute approximate surface area is 87.1 Å². The van der Waals surface area contributed by atoms with E-state index in [0.717, 1.165) is 6.42 Å². The van der Waals surface area contributed by atoms with Gasteiger partial charge in [0.15, 0.2) is 12.0 Å². The van der Waals surface area contributed by atoms with E-state index >= 15 is 0 Å². The van der Waals surface area contributed by atoms with Crippen molar-refractivity contribution in [1.29, 1.82) is 0 Å². The first-order valence-electron chi connectivity index (χ1n) is 4.71. The highest BCUT2D eigenvalue weighted by Gasteiger charge is 2.16. The number of rotatable bonds is 2. The summed E-state index contributed by atoms with van der Waals surface area (Å²) in [5, 5.41) is 7.95. The van der Waals surface area contributed by atoms with E-state index in [1.807, 2.05) is 6.92 Å². The first-order valence-corrected chi connectivity index (χ1v) is 4.71. The molecule has 0 spiro atoms. The molecule has 1 aliphatic rings. The van der Waals surface area contributed by atoms with Crippen LogP contribution in [0.4, 0.5) is 11.6 Å². The fourth-order valence-corrected chi connectivity index (χ4v) is 1.29. The highest BCUT2D eigenvalue weighted by molar-refractivity contribution is 6.03. The maximum absolute atomic E-state index is 5.71. The van der Waals surface area contributed by atoms with Gasteiger partial charge in [0.1, 0.15) is 11.6 Å². The molecule has 0 aromatic carbocycles. The molecule has 0 amide bonds. The molecule has 6 nitrogen and oxygen atoms in total. The number of aliphatic imine (C=N–C) groups is 1. The van der Waals surface area contributed by atoms with Gasteiger partial charge < -0.3 is 11.5 Å². The summed E-state index contributed by atoms with van der Waals surface area (Å²) in [7, 11) is 0. The summed E-state index contributed by atoms with van der Waals surface area (Å²) in [6, 6.07) is 3.43. The fourth-order valence-electron chi connectivity index (χ4n) is 1.29. The predicted octanol–water partition coefficient (Wildman–Crippen LogP) is 1.19. The molecule has 1 unspecified atom stereocenters. The molecule has 2 heterocycles. The topological polar surface area (TPSA) is 102 Å². The Balaban J connectivity index is 2.36. The van der Waals surface area contributed by atoms with Crippen molar-refractivity contribution >= 4 is 17.5 Å². The molecule has 0 bridgehead atoms. The van der Waals surface area contributed by atoms with Crippen LogP contribution >= 0.6 is 0 Å². The Hall–Kier alpha value is -1.98. The molecule has 4 N–H and O–H groups in total. The van der Waals surface area contributed by atoms with Crippen molar-refractivity contribution in [3.63, 3.8) is 0 Å². The molecule has 2 rings (SSSR count). The lowest BCUT2D eigenvalue weighted by Gasteiger charge is -2.01. The van der Waals surface area contributed by atoms with Crippen molar-refractivity contribution in [2.24, 2.45) is 15.2 Å². The van der Waals surface area contributed by atoms with Gasteiger partial charge in [-0.05, 0) is 18.6 Å². The van der Waals surface area contributed by atoms with Crippen molar-refractivity contribution < 1.29 is 0 Å². The molecular weight excluding hydrogens is 192 g/mol. The van der Waals surface area contributed by atoms with E-state index in [4.69, 9.17) is 11.5 Å². The number of hydrogen-bond acceptors (Lipinski definition) is 6. The van der Waals surface area contributed by atoms with Gasteiger partial charge in [-0.15, -0.1) is 5.11 Å². The molecule has 1 atom stereocenters. The van der Waals surface area contributed by atoms with E-state index in [2.05, 4.69) is 20.2 Å². The van der Waals surface area contributed by atoms with E-state index < -0.39 is 0 Å². The van der Waals surface area contributed by atoms with Crippen molar-refractivity contribution in [2.75, 3.05) is 11.5 Å². The summed E-state index contributed by atoms with van der Waals surface area (Å²) in [4.78, 5) is 8.23. The van der Waals surface area contributed by atoms with Gasteiger partial charge in [0.05, 0.1) is 5.56 Å². The number of nitrogen functional groups attached to an aromatic ring is 2. The van der Waals surface area contributed by atoms with Crippen LogP contribution in [0, 0.1) is 0 Å². The second-order valence-electron chi connectivity index (χ2n) is 3.23. The molecule has 1 aromatic rings. The average Bonchev–Trinajstić information content (AvgIpc) is 2.66. The van der Waals surface area contributed by atoms with E-state index in [1.165, 1.54) is 0 Å². The highest BCUT2D eigenvalue weighted by atomic mass is 15.3. The van der Waals surface area contributed by atoms with Crippen LogP contribution < -0.4 is 11.5 Å². The van der Waals surface area contributed by atoms with Gasteiger partial charge >= 0.3 is 0 Å². The normalized spacial score (nSPS) is 19.3. The zero-order valence-electron chi connectivity index (χ0n) is 8.38. The minimum Gasteiger partial charge on any atom is -0.384 e. The third-order valence-corrected chi connectivity index (χ3v) is 2.11. The van der Waals surface area contributed by atoms with Gasteiger partial charge in [0.2, 0.25) is 0 Å². The van der Waals surface area contributed by atoms with Gasteiger partial charge in [0.25, 0.3) is 0 Å². The largest absolute Gasteiger partial charge is 0.384 e. The van der Waals surface area contributed by atoms with Crippen LogP contribution in [0.3, 0.4) is 0 Å². The maximum atomic E-state index is 5.71. The van der Waals surface area contributed by atoms with Gasteiger partial charge in [-0.3, -0.25) is 0 Å². The minimum absolute atomic E-state index is 0.0862. The number of hydrogen-bond donors (Lipinski definition) is 2. The molecule has 0 radical (unpaired) electrons. The van der Waals surface area contributed by atoms with Crippen molar-refractivity contribution in [2.45, 2.75) is 19.5 Å². The summed E-state index contributed by atoms with van der Waals surface area (Å²) in [5.74, 6) is 1.26. The van der Waals surface area contributed by atoms with Crippen molar-refractivity contribution in [3.8, 4) is 0 Å². The number of anilines is 2. The molecule has 78 valence electrons. The number of nitrogens with zero attached hydrogens (tertiary/aromatic N) is 4. The second-order valence-corrected chi connectivity index (χ2v) is 3.23. The molecule has 0 fully saturated rings. The molecular formula is C9H12N6. The summed E-state index contributed by atoms with van der Waals surface area (Å²) in [6.07, 6.45) is 0.743. The third-order valence-electron chi connectivity index (χ3n) is 2.11. The number of aromatic nitrogens is 1. The zero-order valence-corrected chi connectivity index (χ0v) is 8.38. The molecule has 15 heavy (non-hydrogen) atoms. The Morgan fingerprint density at radius 2 is 2.13 bits per heavy atom. The van der Waals surface area contributed by atoms with E-state index in [9.17, 15) is 0 Å². The predicted molar refractivity (Wildman–Crippen MR) is 58.5 cm³/mol. The Morgan fingerprint density at radius 1 is 1.33 bits per heavy atom. The number of nitrogens with two attached hydrogens (primary N) is 2. The molecule has 0 aliphatic carbocycles. The molecule has 1 aliphatic heterocycles. The van der Waals surface area contributed by atoms with Crippen LogP contribution in [0.1, 0.15) is 18.9 Å². The minimum atomic E-state index is -0.0862. The maximum Gasteiger partial charge on any atom is 0.182 e. The fraction of sp³-hybridized carbons (Fsp3) is 0.333. The molecule has 0 saturated carbocycles. The van der Waals surface area contributed by atoms with Gasteiger partial charge in [-0.1, -0.05) is 6.92 Å². The molecule has 0 saturated heterocycles. The quantitative estimate of drug-likeness (QED) is 0.756. The van der Waals surface area contributed by atoms with E-state index in [0.29, 0.717) is 23.0 Å². The van der Waals surface area contributed by atoms with Crippen LogP contribution in [0.2, 0.25) is 0 Å². The van der Waals surface area contributed by atoms with Gasteiger partial charge in [-0.2, -0.15) is 5.11 Å². The third kappa shape index (κ3) is 1.78. The van der Waals surface area contributed by atoms with Crippen LogP contribution in [-0.4, -0.2) is 17.0 Å². The zero-order chi connectivity index (χ0) is 10.8. The Bertz CT molecular complexity index is 436. The van der Waals surface area contributed by atoms with Crippen LogP contribution in [0.25, 0.3) is 0 Å². The first-order chi connectivity index (χ1) is 7.20. The summed E-state index contributed by atoms with van der Waals surface area (Å²) in [5.41, 5.74) is 11.9. The van der Waals surface area contributed by atoms with Crippen LogP contribution in [0.5, 0.6) is 0 Å². The standard InChI is InChI=1S/C9H12N6/c1-2-7-13-9(15-14-7)5-3-4-6(10)12-8(5)11/h3-4,7H,2H2,1H3,(H4,10,11,12). The van der Waals surface area contributed by atoms with Crippen LogP contribution in [0.15, 0.2) is 27.4 Å².